The zero-order valence-corrected chi connectivity index (χ0v) is 15.8. The molecule has 0 unspecified atom stereocenters. The molecule has 2 aromatic rings. The highest BCUT2D eigenvalue weighted by atomic mass is 35.5. The van der Waals surface area contributed by atoms with Crippen molar-refractivity contribution < 1.29 is 19.1 Å². The first-order valence-corrected chi connectivity index (χ1v) is 8.79. The quantitative estimate of drug-likeness (QED) is 0.712. The van der Waals surface area contributed by atoms with E-state index in [0.717, 1.165) is 0 Å². The number of rotatable bonds is 7. The van der Waals surface area contributed by atoms with Gasteiger partial charge < -0.3 is 15.8 Å². The van der Waals surface area contributed by atoms with E-state index in [9.17, 15) is 14.4 Å². The van der Waals surface area contributed by atoms with E-state index in [1.807, 2.05) is 0 Å². The smallest absolute Gasteiger partial charge is 0.330 e. The van der Waals surface area contributed by atoms with Gasteiger partial charge in [0.25, 0.3) is 11.8 Å². The summed E-state index contributed by atoms with van der Waals surface area (Å²) in [6, 6.07) is 14.0. The maximum atomic E-state index is 12.6. The van der Waals surface area contributed by atoms with Crippen LogP contribution >= 0.6 is 11.6 Å². The van der Waals surface area contributed by atoms with Crippen molar-refractivity contribution in [1.29, 1.82) is 0 Å². The van der Waals surface area contributed by atoms with Crippen molar-refractivity contribution in [3.05, 3.63) is 70.7 Å². The van der Waals surface area contributed by atoms with Gasteiger partial charge in [0.2, 0.25) is 6.10 Å². The summed E-state index contributed by atoms with van der Waals surface area (Å²) in [6.07, 6.45) is -1.24. The zero-order chi connectivity index (χ0) is 20.0. The van der Waals surface area contributed by atoms with Gasteiger partial charge in [-0.3, -0.25) is 9.59 Å². The van der Waals surface area contributed by atoms with E-state index in [0.29, 0.717) is 5.56 Å². The largest absolute Gasteiger partial charge is 0.446 e. The molecule has 0 saturated carbocycles. The number of hydrogen-bond acceptors (Lipinski definition) is 4. The van der Waals surface area contributed by atoms with Gasteiger partial charge in [0.15, 0.2) is 0 Å². The fraction of sp³-hybridized carbons (Fsp3) is 0.250. The molecule has 2 amide bonds. The van der Waals surface area contributed by atoms with E-state index in [4.69, 9.17) is 22.1 Å². The Balaban J connectivity index is 2.18. The van der Waals surface area contributed by atoms with Crippen LogP contribution in [0.1, 0.15) is 35.9 Å². The van der Waals surface area contributed by atoms with Crippen molar-refractivity contribution in [3.63, 3.8) is 0 Å². The molecule has 2 aromatic carbocycles. The van der Waals surface area contributed by atoms with Crippen LogP contribution in [0.3, 0.4) is 0 Å². The Bertz CT molecular complexity index is 824. The predicted octanol–water partition coefficient (Wildman–Crippen LogP) is 2.86. The van der Waals surface area contributed by atoms with Crippen molar-refractivity contribution >= 4 is 29.4 Å². The summed E-state index contributed by atoms with van der Waals surface area (Å²) in [5, 5.41) is 2.89. The maximum absolute atomic E-state index is 12.6. The number of amides is 2. The lowest BCUT2D eigenvalue weighted by Gasteiger charge is -2.24. The topological polar surface area (TPSA) is 98.5 Å². The van der Waals surface area contributed by atoms with Gasteiger partial charge in [-0.2, -0.15) is 0 Å². The molecular weight excluding hydrogens is 368 g/mol. The predicted molar refractivity (Wildman–Crippen MR) is 102 cm³/mol. The van der Waals surface area contributed by atoms with Gasteiger partial charge in [-0.25, -0.2) is 4.79 Å². The zero-order valence-electron chi connectivity index (χ0n) is 15.0. The van der Waals surface area contributed by atoms with E-state index < -0.39 is 29.9 Å². The Morgan fingerprint density at radius 1 is 1.00 bits per heavy atom. The lowest BCUT2D eigenvalue weighted by molar-refractivity contribution is -0.158. The van der Waals surface area contributed by atoms with Crippen molar-refractivity contribution in [1.82, 2.24) is 5.32 Å². The molecular formula is C20H21ClN2O4. The van der Waals surface area contributed by atoms with E-state index in [2.05, 4.69) is 5.32 Å². The first-order chi connectivity index (χ1) is 12.8. The first kappa shape index (κ1) is 20.5. The lowest BCUT2D eigenvalue weighted by atomic mass is 10.0. The molecule has 0 bridgehead atoms. The van der Waals surface area contributed by atoms with Crippen LogP contribution in [0.15, 0.2) is 54.6 Å². The molecule has 27 heavy (non-hydrogen) atoms. The van der Waals surface area contributed by atoms with Crippen LogP contribution in [-0.2, 0) is 14.3 Å². The molecule has 3 N–H and O–H groups in total. The minimum absolute atomic E-state index is 0.243. The third kappa shape index (κ3) is 5.31. The molecule has 2 rings (SSSR count). The summed E-state index contributed by atoms with van der Waals surface area (Å²) in [6.45, 7) is 3.50. The number of nitrogens with two attached hydrogens (primary N) is 1. The minimum atomic E-state index is -1.24. The van der Waals surface area contributed by atoms with E-state index in [1.54, 1.807) is 68.4 Å². The van der Waals surface area contributed by atoms with Crippen LogP contribution in [0, 0.1) is 5.92 Å². The molecule has 2 atom stereocenters. The summed E-state index contributed by atoms with van der Waals surface area (Å²) in [7, 11) is 0. The number of ether oxygens (including phenoxy) is 1. The Morgan fingerprint density at radius 2 is 1.59 bits per heavy atom. The van der Waals surface area contributed by atoms with Gasteiger partial charge in [-0.1, -0.05) is 67.9 Å². The number of halogens is 1. The second kappa shape index (κ2) is 9.19. The molecule has 7 heteroatoms. The summed E-state index contributed by atoms with van der Waals surface area (Å²) in [5.74, 6) is -2.34. The van der Waals surface area contributed by atoms with Gasteiger partial charge in [-0.15, -0.1) is 0 Å². The average molecular weight is 389 g/mol. The normalized spacial score (nSPS) is 12.9. The molecule has 0 aromatic heterocycles. The number of esters is 1. The molecule has 0 radical (unpaired) electrons. The van der Waals surface area contributed by atoms with Crippen molar-refractivity contribution in [2.24, 2.45) is 11.7 Å². The van der Waals surface area contributed by atoms with Crippen molar-refractivity contribution in [3.8, 4) is 0 Å². The van der Waals surface area contributed by atoms with Crippen molar-refractivity contribution in [2.75, 3.05) is 0 Å². The van der Waals surface area contributed by atoms with Crippen LogP contribution in [0.25, 0.3) is 0 Å². The van der Waals surface area contributed by atoms with E-state index in [1.165, 1.54) is 0 Å². The number of primary amides is 1. The van der Waals surface area contributed by atoms with Crippen molar-refractivity contribution in [2.45, 2.75) is 26.0 Å². The monoisotopic (exact) mass is 388 g/mol. The second-order valence-electron chi connectivity index (χ2n) is 6.30. The first-order valence-electron chi connectivity index (χ1n) is 8.41. The third-order valence-electron chi connectivity index (χ3n) is 3.92. The molecule has 0 saturated heterocycles. The van der Waals surface area contributed by atoms with Crippen LogP contribution in [0.4, 0.5) is 0 Å². The van der Waals surface area contributed by atoms with Gasteiger partial charge in [0.05, 0.1) is 10.6 Å². The fourth-order valence-electron chi connectivity index (χ4n) is 2.47. The van der Waals surface area contributed by atoms with Gasteiger partial charge in [0, 0.05) is 5.56 Å². The number of carbonyl (C=O) groups is 3. The highest BCUT2D eigenvalue weighted by Crippen LogP contribution is 2.20. The standard InChI is InChI=1S/C20H21ClN2O4/c1-12(2)16(23-19(25)14-10-6-7-11-15(14)21)20(26)27-17(18(22)24)13-8-4-3-5-9-13/h3-12,16-17H,1-2H3,(H2,22,24)(H,23,25)/t16-,17-/m1/s1. The number of nitrogens with one attached hydrogen (secondary N) is 1. The van der Waals surface area contributed by atoms with Crippen LogP contribution in [0.2, 0.25) is 5.02 Å². The molecule has 0 aliphatic heterocycles. The van der Waals surface area contributed by atoms with Crippen LogP contribution < -0.4 is 11.1 Å². The SMILES string of the molecule is CC(C)[C@@H](NC(=O)c1ccccc1Cl)C(=O)O[C@@H](C(N)=O)c1ccccc1. The highest BCUT2D eigenvalue weighted by molar-refractivity contribution is 6.33. The van der Waals surface area contributed by atoms with Gasteiger partial charge in [0.1, 0.15) is 6.04 Å². The highest BCUT2D eigenvalue weighted by Gasteiger charge is 2.31. The molecule has 0 aliphatic carbocycles. The number of carbonyl (C=O) groups excluding carboxylic acids is 3. The molecule has 6 nitrogen and oxygen atoms in total. The van der Waals surface area contributed by atoms with Gasteiger partial charge >= 0.3 is 5.97 Å². The summed E-state index contributed by atoms with van der Waals surface area (Å²) < 4.78 is 5.33. The van der Waals surface area contributed by atoms with Crippen LogP contribution in [-0.4, -0.2) is 23.8 Å². The minimum Gasteiger partial charge on any atom is -0.446 e. The molecule has 0 fully saturated rings. The number of hydrogen-bond donors (Lipinski definition) is 2. The molecule has 0 heterocycles. The fourth-order valence-corrected chi connectivity index (χ4v) is 2.69. The van der Waals surface area contributed by atoms with E-state index >= 15 is 0 Å². The second-order valence-corrected chi connectivity index (χ2v) is 6.71. The summed E-state index contributed by atoms with van der Waals surface area (Å²) in [4.78, 5) is 36.9. The average Bonchev–Trinajstić information content (AvgIpc) is 2.64. The van der Waals surface area contributed by atoms with Gasteiger partial charge in [-0.05, 0) is 18.1 Å². The summed E-state index contributed by atoms with van der Waals surface area (Å²) in [5.41, 5.74) is 6.08. The van der Waals surface area contributed by atoms with E-state index in [-0.39, 0.29) is 16.5 Å². The summed E-state index contributed by atoms with van der Waals surface area (Å²) >= 11 is 6.03. The number of benzene rings is 2. The Morgan fingerprint density at radius 3 is 2.15 bits per heavy atom. The Labute approximate surface area is 162 Å². The Kier molecular flexibility index (Phi) is 6.96. The molecule has 142 valence electrons. The third-order valence-corrected chi connectivity index (χ3v) is 4.25. The lowest BCUT2D eigenvalue weighted by Crippen LogP contribution is -2.46. The maximum Gasteiger partial charge on any atom is 0.330 e. The molecule has 0 aliphatic rings. The van der Waals surface area contributed by atoms with Crippen LogP contribution in [0.5, 0.6) is 0 Å². The Hall–Kier alpha value is -2.86. The molecule has 0 spiro atoms.